The molecule has 7 nitrogen and oxygen atoms in total. The van der Waals surface area contributed by atoms with Gasteiger partial charge in [-0.1, -0.05) is 0 Å². The molecule has 0 radical (unpaired) electrons. The fraction of sp³-hybridized carbons (Fsp3) is 0.625. The van der Waals surface area contributed by atoms with Crippen LogP contribution in [0.3, 0.4) is 0 Å². The number of carbonyl (C=O) groups excluding carboxylic acids is 2. The second-order valence-corrected chi connectivity index (χ2v) is 5.81. The van der Waals surface area contributed by atoms with Crippen LogP contribution >= 0.6 is 0 Å². The topological polar surface area (TPSA) is 83.8 Å². The number of methoxy groups -OCH3 is 1. The Balaban J connectivity index is 1.98. The Morgan fingerprint density at radius 1 is 1.39 bits per heavy atom. The molecule has 7 heteroatoms. The van der Waals surface area contributed by atoms with Gasteiger partial charge in [-0.2, -0.15) is 0 Å². The molecule has 0 aliphatic carbocycles. The van der Waals surface area contributed by atoms with E-state index in [-0.39, 0.29) is 17.5 Å². The van der Waals surface area contributed by atoms with Gasteiger partial charge in [-0.05, 0) is 32.3 Å². The van der Waals surface area contributed by atoms with Gasteiger partial charge in [0.2, 0.25) is 0 Å². The van der Waals surface area contributed by atoms with Crippen molar-refractivity contribution in [3.8, 4) is 0 Å². The second kappa shape index (κ2) is 8.01. The molecule has 2 N–H and O–H groups in total. The van der Waals surface area contributed by atoms with Gasteiger partial charge in [0.15, 0.2) is 0 Å². The fourth-order valence-electron chi connectivity index (χ4n) is 2.89. The van der Waals surface area contributed by atoms with Crippen molar-refractivity contribution in [2.75, 3.05) is 33.4 Å². The van der Waals surface area contributed by atoms with E-state index in [0.717, 1.165) is 6.42 Å². The maximum atomic E-state index is 12.4. The van der Waals surface area contributed by atoms with Gasteiger partial charge >= 0.3 is 6.03 Å². The van der Waals surface area contributed by atoms with Crippen molar-refractivity contribution in [2.24, 2.45) is 0 Å². The molecule has 0 spiro atoms. The standard InChI is InChI=1S/C16H25N3O4/c1-3-17-15(21)18-16(7-11-22-2)5-8-19(9-6-16)14(20)13-4-10-23-12-13/h4,10,12H,3,5-9,11H2,1-2H3,(H2,17,18,21). The summed E-state index contributed by atoms with van der Waals surface area (Å²) in [6.45, 7) is 4.23. The van der Waals surface area contributed by atoms with Crippen LogP contribution in [0.4, 0.5) is 4.79 Å². The third-order valence-corrected chi connectivity index (χ3v) is 4.28. The third kappa shape index (κ3) is 4.48. The highest BCUT2D eigenvalue weighted by molar-refractivity contribution is 5.93. The number of urea groups is 1. The Morgan fingerprint density at radius 2 is 2.13 bits per heavy atom. The number of nitrogens with zero attached hydrogens (tertiary/aromatic N) is 1. The van der Waals surface area contributed by atoms with E-state index < -0.39 is 0 Å². The Bertz CT molecular complexity index is 507. The number of hydrogen-bond acceptors (Lipinski definition) is 4. The lowest BCUT2D eigenvalue weighted by Gasteiger charge is -2.42. The smallest absolute Gasteiger partial charge is 0.315 e. The van der Waals surface area contributed by atoms with Gasteiger partial charge in [-0.15, -0.1) is 0 Å². The number of rotatable bonds is 6. The Kier molecular flexibility index (Phi) is 6.04. The van der Waals surface area contributed by atoms with Gasteiger partial charge < -0.3 is 24.7 Å². The lowest BCUT2D eigenvalue weighted by molar-refractivity contribution is 0.0603. The van der Waals surface area contributed by atoms with Crippen molar-refractivity contribution in [3.05, 3.63) is 24.2 Å². The van der Waals surface area contributed by atoms with Crippen LogP contribution in [-0.2, 0) is 4.74 Å². The molecule has 23 heavy (non-hydrogen) atoms. The van der Waals surface area contributed by atoms with Gasteiger partial charge in [-0.25, -0.2) is 4.79 Å². The average molecular weight is 323 g/mol. The molecule has 1 aliphatic heterocycles. The highest BCUT2D eigenvalue weighted by Crippen LogP contribution is 2.27. The van der Waals surface area contributed by atoms with E-state index in [1.54, 1.807) is 18.1 Å². The molecule has 1 saturated heterocycles. The molecule has 1 aromatic heterocycles. The van der Waals surface area contributed by atoms with Crippen molar-refractivity contribution in [3.63, 3.8) is 0 Å². The van der Waals surface area contributed by atoms with Crippen LogP contribution in [-0.4, -0.2) is 55.7 Å². The fourth-order valence-corrected chi connectivity index (χ4v) is 2.89. The summed E-state index contributed by atoms with van der Waals surface area (Å²) >= 11 is 0. The summed E-state index contributed by atoms with van der Waals surface area (Å²) in [7, 11) is 1.65. The maximum Gasteiger partial charge on any atom is 0.315 e. The first-order chi connectivity index (χ1) is 11.1. The van der Waals surface area contributed by atoms with Gasteiger partial charge in [-0.3, -0.25) is 4.79 Å². The predicted molar refractivity (Wildman–Crippen MR) is 85.3 cm³/mol. The van der Waals surface area contributed by atoms with Crippen LogP contribution < -0.4 is 10.6 Å². The quantitative estimate of drug-likeness (QED) is 0.833. The number of ether oxygens (including phenoxy) is 1. The molecule has 1 aliphatic rings. The minimum atomic E-state index is -0.331. The number of nitrogens with one attached hydrogen (secondary N) is 2. The van der Waals surface area contributed by atoms with Crippen LogP contribution in [0.1, 0.15) is 36.5 Å². The van der Waals surface area contributed by atoms with E-state index in [4.69, 9.17) is 9.15 Å². The van der Waals surface area contributed by atoms with Crippen LogP contribution in [0.25, 0.3) is 0 Å². The second-order valence-electron chi connectivity index (χ2n) is 5.81. The van der Waals surface area contributed by atoms with Crippen molar-refractivity contribution in [1.82, 2.24) is 15.5 Å². The lowest BCUT2D eigenvalue weighted by atomic mass is 9.84. The van der Waals surface area contributed by atoms with E-state index in [1.807, 2.05) is 6.92 Å². The molecule has 0 aromatic carbocycles. The molecular formula is C16H25N3O4. The molecular weight excluding hydrogens is 298 g/mol. The van der Waals surface area contributed by atoms with Gasteiger partial charge in [0, 0.05) is 38.9 Å². The SMILES string of the molecule is CCNC(=O)NC1(CCOC)CCN(C(=O)c2ccoc2)CC1. The van der Waals surface area contributed by atoms with Crippen molar-refractivity contribution >= 4 is 11.9 Å². The summed E-state index contributed by atoms with van der Waals surface area (Å²) in [5.41, 5.74) is 0.230. The predicted octanol–water partition coefficient (Wildman–Crippen LogP) is 1.61. The zero-order valence-corrected chi connectivity index (χ0v) is 13.8. The number of piperidine rings is 1. The zero-order valence-electron chi connectivity index (χ0n) is 13.8. The van der Waals surface area contributed by atoms with Crippen molar-refractivity contribution in [2.45, 2.75) is 31.7 Å². The van der Waals surface area contributed by atoms with Crippen LogP contribution in [0.5, 0.6) is 0 Å². The maximum absolute atomic E-state index is 12.4. The van der Waals surface area contributed by atoms with E-state index in [1.165, 1.54) is 12.5 Å². The third-order valence-electron chi connectivity index (χ3n) is 4.28. The number of carbonyl (C=O) groups is 2. The number of amides is 3. The summed E-state index contributed by atoms with van der Waals surface area (Å²) in [5, 5.41) is 5.84. The van der Waals surface area contributed by atoms with Crippen LogP contribution in [0, 0.1) is 0 Å². The van der Waals surface area contributed by atoms with E-state index >= 15 is 0 Å². The molecule has 0 bridgehead atoms. The first kappa shape index (κ1) is 17.3. The summed E-state index contributed by atoms with van der Waals surface area (Å²) < 4.78 is 10.2. The Hall–Kier alpha value is -2.02. The zero-order chi connectivity index (χ0) is 16.7. The lowest BCUT2D eigenvalue weighted by Crippen LogP contribution is -2.58. The Morgan fingerprint density at radius 3 is 2.70 bits per heavy atom. The van der Waals surface area contributed by atoms with Gasteiger partial charge in [0.25, 0.3) is 5.91 Å². The molecule has 128 valence electrons. The average Bonchev–Trinajstić information content (AvgIpc) is 3.08. The molecule has 2 rings (SSSR count). The summed E-state index contributed by atoms with van der Waals surface area (Å²) in [5.74, 6) is -0.0305. The first-order valence-electron chi connectivity index (χ1n) is 7.96. The molecule has 0 saturated carbocycles. The van der Waals surface area contributed by atoms with Gasteiger partial charge in [0.05, 0.1) is 11.8 Å². The largest absolute Gasteiger partial charge is 0.472 e. The minimum Gasteiger partial charge on any atom is -0.472 e. The Labute approximate surface area is 136 Å². The molecule has 0 atom stereocenters. The van der Waals surface area contributed by atoms with E-state index in [2.05, 4.69) is 10.6 Å². The van der Waals surface area contributed by atoms with Crippen molar-refractivity contribution in [1.29, 1.82) is 0 Å². The number of likely N-dealkylation sites (tertiary alicyclic amines) is 1. The minimum absolute atomic E-state index is 0.0305. The molecule has 3 amide bonds. The molecule has 1 fully saturated rings. The summed E-state index contributed by atoms with van der Waals surface area (Å²) in [6, 6.07) is 1.50. The number of hydrogen-bond donors (Lipinski definition) is 2. The van der Waals surface area contributed by atoms with Gasteiger partial charge in [0.1, 0.15) is 6.26 Å². The summed E-state index contributed by atoms with van der Waals surface area (Å²) in [6.07, 6.45) is 5.10. The summed E-state index contributed by atoms with van der Waals surface area (Å²) in [4.78, 5) is 26.1. The van der Waals surface area contributed by atoms with E-state index in [0.29, 0.717) is 44.6 Å². The number of furan rings is 1. The van der Waals surface area contributed by atoms with Crippen LogP contribution in [0.2, 0.25) is 0 Å². The highest BCUT2D eigenvalue weighted by Gasteiger charge is 2.37. The molecule has 2 heterocycles. The van der Waals surface area contributed by atoms with Crippen molar-refractivity contribution < 1.29 is 18.7 Å². The van der Waals surface area contributed by atoms with E-state index in [9.17, 15) is 9.59 Å². The molecule has 0 unspecified atom stereocenters. The highest BCUT2D eigenvalue weighted by atomic mass is 16.5. The molecule has 1 aromatic rings. The first-order valence-corrected chi connectivity index (χ1v) is 7.96. The van der Waals surface area contributed by atoms with Crippen LogP contribution in [0.15, 0.2) is 23.0 Å². The monoisotopic (exact) mass is 323 g/mol. The normalized spacial score (nSPS) is 16.9.